The minimum atomic E-state index is -1.79. The van der Waals surface area contributed by atoms with Crippen molar-refractivity contribution in [3.8, 4) is 0 Å². The van der Waals surface area contributed by atoms with Crippen LogP contribution in [-0.2, 0) is 8.23 Å². The smallest absolute Gasteiger partial charge is 0.410 e. The maximum absolute atomic E-state index is 6.94. The summed E-state index contributed by atoms with van der Waals surface area (Å²) < 4.78 is 13.9. The molecule has 0 aromatic heterocycles. The van der Waals surface area contributed by atoms with Gasteiger partial charge < -0.3 is 8.23 Å². The van der Waals surface area contributed by atoms with Gasteiger partial charge in [-0.15, -0.1) is 0 Å². The average Bonchev–Trinajstić information content (AvgIpc) is 2.41. The van der Waals surface area contributed by atoms with Crippen molar-refractivity contribution in [2.45, 2.75) is 119 Å². The van der Waals surface area contributed by atoms with E-state index in [0.717, 1.165) is 0 Å². The molecule has 2 nitrogen and oxygen atoms in total. The van der Waals surface area contributed by atoms with E-state index in [2.05, 4.69) is 83.1 Å². The molecule has 0 saturated carbocycles. The third-order valence-corrected chi connectivity index (χ3v) is 18.7. The Kier molecular flexibility index (Phi) is 14.1. The Morgan fingerprint density at radius 2 is 0.586 bits per heavy atom. The van der Waals surface area contributed by atoms with E-state index >= 15 is 0 Å². The Hall–Kier alpha value is 0.571. The maximum atomic E-state index is 6.94. The Morgan fingerprint density at radius 3 is 0.724 bits per heavy atom. The Bertz CT molecular complexity index is 329. The van der Waals surface area contributed by atoms with Crippen LogP contribution in [0.1, 0.15) is 83.1 Å². The van der Waals surface area contributed by atoms with Crippen molar-refractivity contribution in [2.75, 3.05) is 0 Å². The zero-order valence-electron chi connectivity index (χ0n) is 22.0. The van der Waals surface area contributed by atoms with Crippen molar-refractivity contribution in [1.82, 2.24) is 0 Å². The molecule has 2 radical (unpaired) electrons. The molecule has 0 spiro atoms. The molecule has 0 atom stereocenters. The van der Waals surface area contributed by atoms with Gasteiger partial charge in [0.05, 0.1) is 0 Å². The summed E-state index contributed by atoms with van der Waals surface area (Å²) in [5, 5.41) is 0. The van der Waals surface area contributed by atoms with Gasteiger partial charge in [0, 0.05) is 0 Å². The summed E-state index contributed by atoms with van der Waals surface area (Å²) in [6.45, 7) is 28.4. The van der Waals surface area contributed by atoms with Crippen LogP contribution in [0.2, 0.25) is 36.3 Å². The highest BCUT2D eigenvalue weighted by Crippen LogP contribution is 2.36. The lowest BCUT2D eigenvalue weighted by Gasteiger charge is -2.39. The first kappa shape index (κ1) is 29.6. The van der Waals surface area contributed by atoms with Crippen LogP contribution in [-0.4, -0.2) is 26.6 Å². The van der Waals surface area contributed by atoms with Crippen molar-refractivity contribution in [1.29, 1.82) is 0 Å². The van der Waals surface area contributed by atoms with Gasteiger partial charge in [0.2, 0.25) is 0 Å². The second-order valence-corrected chi connectivity index (χ2v) is 21.2. The summed E-state index contributed by atoms with van der Waals surface area (Å²) in [6.07, 6.45) is 0. The number of hydrogen-bond acceptors (Lipinski definition) is 2. The van der Waals surface area contributed by atoms with E-state index in [-0.39, 0.29) is 10.0 Å². The zero-order chi connectivity index (χ0) is 22.8. The molecule has 0 unspecified atom stereocenters. The summed E-state index contributed by atoms with van der Waals surface area (Å²) in [4.78, 5) is 0. The molecule has 0 rings (SSSR count). The average molecular weight is 459 g/mol. The number of hydrogen-bond donors (Lipinski definition) is 0. The summed E-state index contributed by atoms with van der Waals surface area (Å²) >= 11 is 0. The minimum Gasteiger partial charge on any atom is -0.434 e. The first-order valence-corrected chi connectivity index (χ1v) is 18.2. The van der Waals surface area contributed by atoms with Crippen molar-refractivity contribution in [3.63, 3.8) is 0 Å². The van der Waals surface area contributed by atoms with Gasteiger partial charge in [-0.3, -0.25) is 0 Å². The lowest BCUT2D eigenvalue weighted by Crippen LogP contribution is -2.48. The van der Waals surface area contributed by atoms with Crippen molar-refractivity contribution in [3.05, 3.63) is 0 Å². The van der Waals surface area contributed by atoms with E-state index in [0.29, 0.717) is 35.5 Å². The highest BCUT2D eigenvalue weighted by molar-refractivity contribution is 6.80. The molecule has 0 aromatic rings. The lowest BCUT2D eigenvalue weighted by molar-refractivity contribution is 0.399. The van der Waals surface area contributed by atoms with Crippen molar-refractivity contribution < 1.29 is 8.23 Å². The van der Waals surface area contributed by atoms with Crippen LogP contribution in [0.5, 0.6) is 0 Å². The zero-order valence-corrected chi connectivity index (χ0v) is 25.0. The maximum Gasteiger partial charge on any atom is 0.410 e. The Labute approximate surface area is 189 Å². The molecular weight excluding hydrogens is 405 g/mol. The summed E-state index contributed by atoms with van der Waals surface area (Å²) in [5.74, 6) is 4.21. The van der Waals surface area contributed by atoms with Gasteiger partial charge in [-0.1, -0.05) is 83.1 Å². The molecular formula is C24H54O2Si3. The molecule has 0 fully saturated rings. The molecule has 0 aliphatic rings. The molecule has 0 saturated heterocycles. The molecule has 0 aliphatic heterocycles. The molecule has 0 N–H and O–H groups in total. The SMILES string of the molecule is CC(C)C[Si](CC(C)C)(CC(C)C)O[Si]O[Si](CC(C)C)(CC(C)C)CC(C)C. The third kappa shape index (κ3) is 13.6. The van der Waals surface area contributed by atoms with E-state index in [1.165, 1.54) is 36.3 Å². The third-order valence-electron chi connectivity index (χ3n) is 5.20. The summed E-state index contributed by atoms with van der Waals surface area (Å²) in [6, 6.07) is 7.62. The van der Waals surface area contributed by atoms with Gasteiger partial charge in [0.1, 0.15) is 0 Å². The molecule has 0 aromatic carbocycles. The van der Waals surface area contributed by atoms with Crippen LogP contribution in [0.3, 0.4) is 0 Å². The van der Waals surface area contributed by atoms with Gasteiger partial charge in [0.25, 0.3) is 0 Å². The minimum absolute atomic E-state index is 0.256. The van der Waals surface area contributed by atoms with Gasteiger partial charge in [-0.25, -0.2) is 0 Å². The summed E-state index contributed by atoms with van der Waals surface area (Å²) in [7, 11) is -3.33. The van der Waals surface area contributed by atoms with Gasteiger partial charge >= 0.3 is 10.0 Å². The fraction of sp³-hybridized carbons (Fsp3) is 1.00. The molecule has 174 valence electrons. The van der Waals surface area contributed by atoms with Gasteiger partial charge in [-0.2, -0.15) is 0 Å². The van der Waals surface area contributed by atoms with E-state index in [1.807, 2.05) is 0 Å². The van der Waals surface area contributed by atoms with Crippen LogP contribution >= 0.6 is 0 Å². The predicted octanol–water partition coefficient (Wildman–Crippen LogP) is 8.38. The van der Waals surface area contributed by atoms with Gasteiger partial charge in [0.15, 0.2) is 16.6 Å². The second kappa shape index (κ2) is 13.9. The van der Waals surface area contributed by atoms with Crippen LogP contribution < -0.4 is 0 Å². The van der Waals surface area contributed by atoms with Crippen LogP contribution in [0.15, 0.2) is 0 Å². The normalized spacial score (nSPS) is 13.9. The molecule has 0 amide bonds. The Balaban J connectivity index is 5.55. The predicted molar refractivity (Wildman–Crippen MR) is 137 cm³/mol. The fourth-order valence-corrected chi connectivity index (χ4v) is 19.3. The molecule has 0 heterocycles. The van der Waals surface area contributed by atoms with Gasteiger partial charge in [-0.05, 0) is 71.8 Å². The second-order valence-electron chi connectivity index (χ2n) is 12.2. The lowest BCUT2D eigenvalue weighted by atomic mass is 10.2. The first-order chi connectivity index (χ1) is 13.2. The first-order valence-electron chi connectivity index (χ1n) is 12.3. The molecule has 0 aliphatic carbocycles. The summed E-state index contributed by atoms with van der Waals surface area (Å²) in [5.41, 5.74) is 0. The largest absolute Gasteiger partial charge is 0.434 e. The molecule has 0 bridgehead atoms. The Morgan fingerprint density at radius 1 is 0.414 bits per heavy atom. The molecule has 5 heteroatoms. The highest BCUT2D eigenvalue weighted by atomic mass is 28.4. The van der Waals surface area contributed by atoms with Crippen LogP contribution in [0.25, 0.3) is 0 Å². The number of rotatable bonds is 16. The van der Waals surface area contributed by atoms with Crippen molar-refractivity contribution >= 4 is 26.6 Å². The fourth-order valence-electron chi connectivity index (χ4n) is 5.41. The van der Waals surface area contributed by atoms with Crippen LogP contribution in [0.4, 0.5) is 0 Å². The van der Waals surface area contributed by atoms with E-state index in [1.54, 1.807) is 0 Å². The topological polar surface area (TPSA) is 18.5 Å². The van der Waals surface area contributed by atoms with Crippen LogP contribution in [0, 0.1) is 35.5 Å². The van der Waals surface area contributed by atoms with Crippen molar-refractivity contribution in [2.24, 2.45) is 35.5 Å². The monoisotopic (exact) mass is 458 g/mol. The van der Waals surface area contributed by atoms with E-state index in [9.17, 15) is 0 Å². The standard InChI is InChI=1S/C24H54O2Si3/c1-19(2)13-28(14-20(3)4,15-21(5)6)25-27-26-29(16-22(7)8,17-23(9)10)18-24(11)12/h19-24H,13-18H2,1-12H3. The quantitative estimate of drug-likeness (QED) is 0.216. The highest BCUT2D eigenvalue weighted by Gasteiger charge is 2.41. The molecule has 29 heavy (non-hydrogen) atoms. The van der Waals surface area contributed by atoms with E-state index in [4.69, 9.17) is 8.23 Å². The van der Waals surface area contributed by atoms with E-state index < -0.39 is 16.6 Å².